The van der Waals surface area contributed by atoms with Gasteiger partial charge < -0.3 is 10.2 Å². The molecule has 0 saturated carbocycles. The minimum absolute atomic E-state index is 0.0269. The number of amides is 2. The van der Waals surface area contributed by atoms with E-state index in [1.54, 1.807) is 0 Å². The lowest BCUT2D eigenvalue weighted by atomic mass is 10.1. The van der Waals surface area contributed by atoms with Crippen LogP contribution >= 0.6 is 0 Å². The lowest BCUT2D eigenvalue weighted by Crippen LogP contribution is -2.58. The molecule has 0 aromatic rings. The molecule has 0 aromatic heterocycles. The maximum absolute atomic E-state index is 11.5. The van der Waals surface area contributed by atoms with Crippen LogP contribution in [0, 0.1) is 0 Å². The van der Waals surface area contributed by atoms with Gasteiger partial charge in [0.05, 0.1) is 12.6 Å². The minimum Gasteiger partial charge on any atom is -0.345 e. The summed E-state index contributed by atoms with van der Waals surface area (Å²) in [6, 6.07) is -0.788. The maximum atomic E-state index is 11.5. The van der Waals surface area contributed by atoms with Crippen molar-refractivity contribution in [1.29, 1.82) is 0 Å². The number of carbonyl (C=O) groups is 3. The Bertz CT molecular complexity index is 308. The smallest absolute Gasteiger partial charge is 0.243 e. The van der Waals surface area contributed by atoms with Crippen molar-refractivity contribution >= 4 is 17.6 Å². The summed E-state index contributed by atoms with van der Waals surface area (Å²) in [5, 5.41) is 2.52. The minimum atomic E-state index is -0.412. The molecule has 2 atom stereocenters. The van der Waals surface area contributed by atoms with Crippen molar-refractivity contribution in [2.45, 2.75) is 45.7 Å². The third-order valence-corrected chi connectivity index (χ3v) is 2.86. The first kappa shape index (κ1) is 12.7. The quantitative estimate of drug-likeness (QED) is 0.689. The second-order valence-electron chi connectivity index (χ2n) is 3.74. The highest BCUT2D eigenvalue weighted by atomic mass is 16.2. The van der Waals surface area contributed by atoms with E-state index in [0.29, 0.717) is 12.8 Å². The Kier molecular flexibility index (Phi) is 4.04. The van der Waals surface area contributed by atoms with E-state index < -0.39 is 6.04 Å². The highest BCUT2D eigenvalue weighted by molar-refractivity contribution is 5.98. The molecule has 0 aromatic carbocycles. The Labute approximate surface area is 95.2 Å². The molecule has 5 heteroatoms. The molecule has 2 amide bonds. The molecule has 2 saturated heterocycles. The molecule has 2 heterocycles. The molecule has 0 radical (unpaired) electrons. The first-order valence-electron chi connectivity index (χ1n) is 5.70. The standard InChI is InChI=1S/C9H12N2O3.C2H6/c1-5(12)6-2-3-7-9(14)10-4-8(13)11(6)7;1-2/h6-7H,2-4H2,1H3,(H,10,14);1-2H3. The molecular formula is C11H18N2O3. The van der Waals surface area contributed by atoms with Gasteiger partial charge in [0.15, 0.2) is 5.78 Å². The van der Waals surface area contributed by atoms with Crippen LogP contribution in [-0.2, 0) is 14.4 Å². The van der Waals surface area contributed by atoms with E-state index in [0.717, 1.165) is 0 Å². The fourth-order valence-electron chi connectivity index (χ4n) is 2.19. The number of nitrogens with one attached hydrogen (secondary N) is 1. The summed E-state index contributed by atoms with van der Waals surface area (Å²) in [5.41, 5.74) is 0. The Morgan fingerprint density at radius 1 is 1.31 bits per heavy atom. The second kappa shape index (κ2) is 5.09. The highest BCUT2D eigenvalue weighted by Crippen LogP contribution is 2.26. The van der Waals surface area contributed by atoms with Gasteiger partial charge in [0.1, 0.15) is 6.04 Å². The molecule has 2 unspecified atom stereocenters. The summed E-state index contributed by atoms with van der Waals surface area (Å²) in [6.45, 7) is 5.49. The van der Waals surface area contributed by atoms with E-state index in [1.165, 1.54) is 11.8 Å². The van der Waals surface area contributed by atoms with Crippen molar-refractivity contribution in [2.75, 3.05) is 6.54 Å². The van der Waals surface area contributed by atoms with Crippen molar-refractivity contribution in [3.05, 3.63) is 0 Å². The van der Waals surface area contributed by atoms with Crippen molar-refractivity contribution in [3.63, 3.8) is 0 Å². The summed E-state index contributed by atoms with van der Waals surface area (Å²) >= 11 is 0. The lowest BCUT2D eigenvalue weighted by Gasteiger charge is -2.32. The molecule has 0 aliphatic carbocycles. The van der Waals surface area contributed by atoms with Gasteiger partial charge in [0.25, 0.3) is 0 Å². The number of ketones is 1. The van der Waals surface area contributed by atoms with Crippen molar-refractivity contribution < 1.29 is 14.4 Å². The Hall–Kier alpha value is -1.39. The topological polar surface area (TPSA) is 66.5 Å². The van der Waals surface area contributed by atoms with Crippen LogP contribution in [0.15, 0.2) is 0 Å². The Balaban J connectivity index is 0.000000606. The predicted molar refractivity (Wildman–Crippen MR) is 58.7 cm³/mol. The van der Waals surface area contributed by atoms with Crippen LogP contribution in [0.2, 0.25) is 0 Å². The van der Waals surface area contributed by atoms with E-state index in [2.05, 4.69) is 5.32 Å². The summed E-state index contributed by atoms with van der Waals surface area (Å²) in [5.74, 6) is -0.309. The number of fused-ring (bicyclic) bond motifs is 1. The normalized spacial score (nSPS) is 27.8. The average molecular weight is 226 g/mol. The van der Waals surface area contributed by atoms with E-state index in [9.17, 15) is 14.4 Å². The third kappa shape index (κ3) is 2.08. The molecule has 90 valence electrons. The number of hydrogen-bond acceptors (Lipinski definition) is 3. The molecule has 2 rings (SSSR count). The molecule has 1 N–H and O–H groups in total. The average Bonchev–Trinajstić information content (AvgIpc) is 2.72. The largest absolute Gasteiger partial charge is 0.345 e. The third-order valence-electron chi connectivity index (χ3n) is 2.86. The first-order valence-corrected chi connectivity index (χ1v) is 5.70. The van der Waals surface area contributed by atoms with Crippen LogP contribution in [0.1, 0.15) is 33.6 Å². The molecule has 0 bridgehead atoms. The van der Waals surface area contributed by atoms with Gasteiger partial charge >= 0.3 is 0 Å². The zero-order chi connectivity index (χ0) is 12.3. The second-order valence-corrected chi connectivity index (χ2v) is 3.74. The van der Waals surface area contributed by atoms with Gasteiger partial charge in [-0.2, -0.15) is 0 Å². The summed E-state index contributed by atoms with van der Waals surface area (Å²) in [7, 11) is 0. The summed E-state index contributed by atoms with van der Waals surface area (Å²) in [6.07, 6.45) is 1.21. The molecule has 2 aliphatic heterocycles. The summed E-state index contributed by atoms with van der Waals surface area (Å²) < 4.78 is 0. The van der Waals surface area contributed by atoms with Gasteiger partial charge in [-0.05, 0) is 19.8 Å². The number of carbonyl (C=O) groups excluding carboxylic acids is 3. The van der Waals surface area contributed by atoms with Crippen LogP contribution in [0.5, 0.6) is 0 Å². The summed E-state index contributed by atoms with van der Waals surface area (Å²) in [4.78, 5) is 35.5. The van der Waals surface area contributed by atoms with Gasteiger partial charge in [0, 0.05) is 0 Å². The highest BCUT2D eigenvalue weighted by Gasteiger charge is 2.45. The zero-order valence-corrected chi connectivity index (χ0v) is 9.95. The monoisotopic (exact) mass is 226 g/mol. The van der Waals surface area contributed by atoms with Crippen molar-refractivity contribution in [1.82, 2.24) is 10.2 Å². The van der Waals surface area contributed by atoms with E-state index in [4.69, 9.17) is 0 Å². The first-order chi connectivity index (χ1) is 7.61. The van der Waals surface area contributed by atoms with Gasteiger partial charge in [0.2, 0.25) is 11.8 Å². The zero-order valence-electron chi connectivity index (χ0n) is 9.95. The van der Waals surface area contributed by atoms with Crippen LogP contribution in [0.4, 0.5) is 0 Å². The molecule has 5 nitrogen and oxygen atoms in total. The molecule has 2 aliphatic rings. The van der Waals surface area contributed by atoms with Crippen molar-refractivity contribution in [2.24, 2.45) is 0 Å². The van der Waals surface area contributed by atoms with E-state index >= 15 is 0 Å². The number of piperazine rings is 1. The van der Waals surface area contributed by atoms with Gasteiger partial charge in [-0.25, -0.2) is 0 Å². The SMILES string of the molecule is CC.CC(=O)C1CCC2C(=O)NCC(=O)N12. The van der Waals surface area contributed by atoms with Crippen LogP contribution < -0.4 is 5.32 Å². The van der Waals surface area contributed by atoms with Gasteiger partial charge in [-0.1, -0.05) is 13.8 Å². The molecular weight excluding hydrogens is 208 g/mol. The number of hydrogen-bond donors (Lipinski definition) is 1. The fraction of sp³-hybridized carbons (Fsp3) is 0.727. The number of nitrogens with zero attached hydrogens (tertiary/aromatic N) is 1. The lowest BCUT2D eigenvalue weighted by molar-refractivity contribution is -0.147. The van der Waals surface area contributed by atoms with E-state index in [1.807, 2.05) is 13.8 Å². The van der Waals surface area contributed by atoms with Crippen LogP contribution in [-0.4, -0.2) is 41.1 Å². The maximum Gasteiger partial charge on any atom is 0.243 e. The molecule has 16 heavy (non-hydrogen) atoms. The fourth-order valence-corrected chi connectivity index (χ4v) is 2.19. The van der Waals surface area contributed by atoms with Crippen molar-refractivity contribution in [3.8, 4) is 0 Å². The molecule has 0 spiro atoms. The Morgan fingerprint density at radius 3 is 2.50 bits per heavy atom. The predicted octanol–water partition coefficient (Wildman–Crippen LogP) is 0.0910. The van der Waals surface area contributed by atoms with Gasteiger partial charge in [-0.15, -0.1) is 0 Å². The number of rotatable bonds is 1. The number of Topliss-reactive ketones (excluding diaryl/α,β-unsaturated/α-hetero) is 1. The van der Waals surface area contributed by atoms with E-state index in [-0.39, 0.29) is 30.2 Å². The molecule has 2 fully saturated rings. The van der Waals surface area contributed by atoms with Crippen LogP contribution in [0.3, 0.4) is 0 Å². The van der Waals surface area contributed by atoms with Gasteiger partial charge in [-0.3, -0.25) is 14.4 Å². The van der Waals surface area contributed by atoms with Crippen LogP contribution in [0.25, 0.3) is 0 Å². The Morgan fingerprint density at radius 2 is 1.94 bits per heavy atom.